The molecule has 112 valence electrons. The van der Waals surface area contributed by atoms with Crippen LogP contribution in [0.1, 0.15) is 18.2 Å². The Morgan fingerprint density at radius 3 is 2.62 bits per heavy atom. The number of aromatic nitrogens is 1. The highest BCUT2D eigenvalue weighted by molar-refractivity contribution is 9.10. The first-order valence-corrected chi connectivity index (χ1v) is 8.05. The third-order valence-electron chi connectivity index (χ3n) is 2.85. The number of rotatable bonds is 5. The number of ether oxygens (including phenoxy) is 1. The van der Waals surface area contributed by atoms with Crippen molar-refractivity contribution in [3.8, 4) is 11.6 Å². The first kappa shape index (κ1) is 16.6. The zero-order valence-electron chi connectivity index (χ0n) is 11.7. The van der Waals surface area contributed by atoms with Gasteiger partial charge in [-0.2, -0.15) is 0 Å². The molecule has 6 heteroatoms. The normalized spacial score (nSPS) is 10.7. The van der Waals surface area contributed by atoms with E-state index >= 15 is 0 Å². The SMILES string of the molecule is CCc1cc(CNC)cc(Oc2cc(Cl)c(Br)cc2Cl)n1. The van der Waals surface area contributed by atoms with Crippen LogP contribution in [0.4, 0.5) is 0 Å². The molecule has 2 aromatic rings. The molecule has 0 radical (unpaired) electrons. The fourth-order valence-corrected chi connectivity index (χ4v) is 2.69. The summed E-state index contributed by atoms with van der Waals surface area (Å²) in [6.45, 7) is 2.81. The predicted octanol–water partition coefficient (Wildman–Crippen LogP) is 5.23. The van der Waals surface area contributed by atoms with Gasteiger partial charge in [0.2, 0.25) is 5.88 Å². The monoisotopic (exact) mass is 388 g/mol. The Hall–Kier alpha value is -0.810. The number of halogens is 3. The van der Waals surface area contributed by atoms with Crippen molar-refractivity contribution in [2.24, 2.45) is 0 Å². The lowest BCUT2D eigenvalue weighted by atomic mass is 10.2. The molecule has 1 N–H and O–H groups in total. The van der Waals surface area contributed by atoms with Gasteiger partial charge in [0.1, 0.15) is 5.75 Å². The van der Waals surface area contributed by atoms with Crippen LogP contribution in [0.3, 0.4) is 0 Å². The lowest BCUT2D eigenvalue weighted by molar-refractivity contribution is 0.460. The van der Waals surface area contributed by atoms with Gasteiger partial charge in [-0.05, 0) is 47.1 Å². The maximum atomic E-state index is 6.17. The number of hydrogen-bond donors (Lipinski definition) is 1. The van der Waals surface area contributed by atoms with Crippen LogP contribution in [0.5, 0.6) is 11.6 Å². The number of hydrogen-bond acceptors (Lipinski definition) is 3. The molecule has 0 aliphatic heterocycles. The van der Waals surface area contributed by atoms with Crippen molar-refractivity contribution < 1.29 is 4.74 Å². The smallest absolute Gasteiger partial charge is 0.219 e. The standard InChI is InChI=1S/C15H15BrCl2N2O/c1-3-10-4-9(8-19-2)5-15(20-10)21-14-7-12(17)11(16)6-13(14)18/h4-7,19H,3,8H2,1-2H3. The average molecular weight is 390 g/mol. The van der Waals surface area contributed by atoms with Crippen molar-refractivity contribution in [2.45, 2.75) is 19.9 Å². The molecule has 0 bridgehead atoms. The van der Waals surface area contributed by atoms with Gasteiger partial charge in [0, 0.05) is 28.8 Å². The second-order valence-electron chi connectivity index (χ2n) is 4.49. The van der Waals surface area contributed by atoms with E-state index in [4.69, 9.17) is 27.9 Å². The highest BCUT2D eigenvalue weighted by atomic mass is 79.9. The summed E-state index contributed by atoms with van der Waals surface area (Å²) < 4.78 is 6.53. The highest BCUT2D eigenvalue weighted by Crippen LogP contribution is 2.36. The molecule has 21 heavy (non-hydrogen) atoms. The second kappa shape index (κ2) is 7.45. The lowest BCUT2D eigenvalue weighted by Crippen LogP contribution is -2.06. The Morgan fingerprint density at radius 2 is 1.95 bits per heavy atom. The van der Waals surface area contributed by atoms with E-state index in [0.717, 1.165) is 28.7 Å². The molecule has 0 saturated carbocycles. The van der Waals surface area contributed by atoms with E-state index in [1.54, 1.807) is 12.1 Å². The second-order valence-corrected chi connectivity index (χ2v) is 6.16. The Kier molecular flexibility index (Phi) is 5.88. The molecule has 0 saturated heterocycles. The number of aryl methyl sites for hydroxylation is 1. The maximum Gasteiger partial charge on any atom is 0.219 e. The minimum absolute atomic E-state index is 0.477. The van der Waals surface area contributed by atoms with Gasteiger partial charge in [0.25, 0.3) is 0 Å². The number of nitrogens with zero attached hydrogens (tertiary/aromatic N) is 1. The van der Waals surface area contributed by atoms with Gasteiger partial charge >= 0.3 is 0 Å². The van der Waals surface area contributed by atoms with Gasteiger partial charge in [0.15, 0.2) is 0 Å². The van der Waals surface area contributed by atoms with E-state index in [-0.39, 0.29) is 0 Å². The van der Waals surface area contributed by atoms with Gasteiger partial charge < -0.3 is 10.1 Å². The zero-order chi connectivity index (χ0) is 15.4. The van der Waals surface area contributed by atoms with E-state index in [1.807, 2.05) is 13.1 Å². The van der Waals surface area contributed by atoms with Crippen molar-refractivity contribution in [2.75, 3.05) is 7.05 Å². The maximum absolute atomic E-state index is 6.17. The summed E-state index contributed by atoms with van der Waals surface area (Å²) in [5, 5.41) is 4.13. The topological polar surface area (TPSA) is 34.1 Å². The van der Waals surface area contributed by atoms with Gasteiger partial charge in [0.05, 0.1) is 10.0 Å². The Balaban J connectivity index is 2.34. The number of benzene rings is 1. The molecule has 0 aliphatic rings. The predicted molar refractivity (Wildman–Crippen MR) is 90.6 cm³/mol. The quantitative estimate of drug-likeness (QED) is 0.711. The van der Waals surface area contributed by atoms with Crippen molar-refractivity contribution in [3.63, 3.8) is 0 Å². The van der Waals surface area contributed by atoms with Gasteiger partial charge in [-0.1, -0.05) is 30.1 Å². The van der Waals surface area contributed by atoms with Crippen LogP contribution >= 0.6 is 39.1 Å². The van der Waals surface area contributed by atoms with Crippen molar-refractivity contribution in [1.82, 2.24) is 10.3 Å². The Bertz CT molecular complexity index is 650. The van der Waals surface area contributed by atoms with Gasteiger partial charge in [-0.15, -0.1) is 0 Å². The number of pyridine rings is 1. The lowest BCUT2D eigenvalue weighted by Gasteiger charge is -2.11. The molecule has 3 nitrogen and oxygen atoms in total. The van der Waals surface area contributed by atoms with Crippen molar-refractivity contribution >= 4 is 39.1 Å². The zero-order valence-corrected chi connectivity index (χ0v) is 14.8. The Labute approximate surface area is 142 Å². The first-order valence-electron chi connectivity index (χ1n) is 6.50. The summed E-state index contributed by atoms with van der Waals surface area (Å²) in [4.78, 5) is 4.46. The first-order chi connectivity index (χ1) is 10.0. The third-order valence-corrected chi connectivity index (χ3v) is 4.34. The van der Waals surface area contributed by atoms with Crippen LogP contribution in [0.15, 0.2) is 28.7 Å². The van der Waals surface area contributed by atoms with Crippen LogP contribution in [0.2, 0.25) is 10.0 Å². The van der Waals surface area contributed by atoms with Crippen LogP contribution in [-0.4, -0.2) is 12.0 Å². The fraction of sp³-hybridized carbons (Fsp3) is 0.267. The minimum atomic E-state index is 0.477. The van der Waals surface area contributed by atoms with Crippen molar-refractivity contribution in [3.05, 3.63) is 50.0 Å². The summed E-state index contributed by atoms with van der Waals surface area (Å²) in [5.41, 5.74) is 2.08. The van der Waals surface area contributed by atoms with Crippen LogP contribution < -0.4 is 10.1 Å². The van der Waals surface area contributed by atoms with Crippen LogP contribution in [-0.2, 0) is 13.0 Å². The molecule has 1 aromatic heterocycles. The third kappa shape index (κ3) is 4.33. The minimum Gasteiger partial charge on any atom is -0.437 e. The Morgan fingerprint density at radius 1 is 1.19 bits per heavy atom. The van der Waals surface area contributed by atoms with Crippen LogP contribution in [0, 0.1) is 0 Å². The fourth-order valence-electron chi connectivity index (χ4n) is 1.86. The molecule has 0 aliphatic carbocycles. The molecule has 0 atom stereocenters. The average Bonchev–Trinajstić information content (AvgIpc) is 2.45. The van der Waals surface area contributed by atoms with E-state index in [0.29, 0.717) is 21.7 Å². The molecule has 0 fully saturated rings. The van der Waals surface area contributed by atoms with Gasteiger partial charge in [-0.3, -0.25) is 0 Å². The molecule has 1 aromatic carbocycles. The molecule has 2 rings (SSSR count). The molecular weight excluding hydrogens is 375 g/mol. The van der Waals surface area contributed by atoms with E-state index in [9.17, 15) is 0 Å². The summed E-state index contributed by atoms with van der Waals surface area (Å²) in [5.74, 6) is 1.00. The summed E-state index contributed by atoms with van der Waals surface area (Å²) >= 11 is 15.6. The molecular formula is C15H15BrCl2N2O. The van der Waals surface area contributed by atoms with Crippen LogP contribution in [0.25, 0.3) is 0 Å². The summed E-state index contributed by atoms with van der Waals surface area (Å²) in [6, 6.07) is 7.32. The highest BCUT2D eigenvalue weighted by Gasteiger charge is 2.10. The molecule has 0 amide bonds. The number of nitrogens with one attached hydrogen (secondary N) is 1. The molecule has 0 unspecified atom stereocenters. The van der Waals surface area contributed by atoms with Crippen molar-refractivity contribution in [1.29, 1.82) is 0 Å². The molecule has 1 heterocycles. The largest absolute Gasteiger partial charge is 0.437 e. The summed E-state index contributed by atoms with van der Waals surface area (Å²) in [6.07, 6.45) is 0.836. The molecule has 0 spiro atoms. The van der Waals surface area contributed by atoms with Gasteiger partial charge in [-0.25, -0.2) is 4.98 Å². The van der Waals surface area contributed by atoms with E-state index in [1.165, 1.54) is 0 Å². The summed E-state index contributed by atoms with van der Waals surface area (Å²) in [7, 11) is 1.90. The van der Waals surface area contributed by atoms with E-state index < -0.39 is 0 Å². The van der Waals surface area contributed by atoms with E-state index in [2.05, 4.69) is 39.2 Å².